The van der Waals surface area contributed by atoms with Gasteiger partial charge < -0.3 is 0 Å². The van der Waals surface area contributed by atoms with Gasteiger partial charge in [-0.25, -0.2) is 0 Å². The van der Waals surface area contributed by atoms with Gasteiger partial charge >= 0.3 is 0 Å². The van der Waals surface area contributed by atoms with Crippen LogP contribution in [0, 0.1) is 23.7 Å². The van der Waals surface area contributed by atoms with Crippen LogP contribution in [0.2, 0.25) is 0 Å². The van der Waals surface area contributed by atoms with E-state index < -0.39 is 0 Å². The normalized spacial score (nSPS) is 56.4. The number of hydrogen-bond acceptors (Lipinski definition) is 1. The Kier molecular flexibility index (Phi) is 1.39. The fraction of sp³-hybridized carbons (Fsp3) is 0.900. The van der Waals surface area contributed by atoms with E-state index in [4.69, 9.17) is 11.6 Å². The van der Waals surface area contributed by atoms with E-state index in [1.165, 1.54) is 12.8 Å². The maximum Gasteiger partial charge on any atom is 0.140 e. The summed E-state index contributed by atoms with van der Waals surface area (Å²) >= 11 is 6.24. The number of halogens is 1. The third-order valence-electron chi connectivity index (χ3n) is 4.03. The first-order chi connectivity index (χ1) is 5.75. The van der Waals surface area contributed by atoms with Crippen molar-refractivity contribution < 1.29 is 4.79 Å². The SMILES string of the molecule is O=C1[C@H]2C[C@H]3C[C@H](C2)[C@H](Cl)[C@H]1C3. The summed E-state index contributed by atoms with van der Waals surface area (Å²) in [5, 5.41) is 0.185. The van der Waals surface area contributed by atoms with E-state index in [0.29, 0.717) is 17.6 Å². The maximum absolute atomic E-state index is 11.7. The maximum atomic E-state index is 11.7. The molecule has 2 heteroatoms. The lowest BCUT2D eigenvalue weighted by Crippen LogP contribution is -2.51. The molecule has 4 fully saturated rings. The Bertz CT molecular complexity index is 238. The molecule has 0 heterocycles. The average molecular weight is 185 g/mol. The number of Topliss-reactive ketones (excluding diaryl/α,β-unsaturated/α-hetero) is 1. The molecule has 0 spiro atoms. The van der Waals surface area contributed by atoms with Gasteiger partial charge in [0, 0.05) is 17.2 Å². The van der Waals surface area contributed by atoms with Crippen molar-refractivity contribution in [3.8, 4) is 0 Å². The van der Waals surface area contributed by atoms with Crippen LogP contribution in [0.3, 0.4) is 0 Å². The quantitative estimate of drug-likeness (QED) is 0.528. The molecule has 4 bridgehead atoms. The van der Waals surface area contributed by atoms with E-state index in [9.17, 15) is 4.79 Å². The number of alkyl halides is 1. The molecule has 0 N–H and O–H groups in total. The summed E-state index contributed by atoms with van der Waals surface area (Å²) in [6.07, 6.45) is 4.67. The second-order valence-electron chi connectivity index (χ2n) is 4.72. The first-order valence-electron chi connectivity index (χ1n) is 4.93. The van der Waals surface area contributed by atoms with Crippen LogP contribution in [0.5, 0.6) is 0 Å². The Hall–Kier alpha value is -0.0400. The minimum Gasteiger partial charge on any atom is -0.299 e. The number of hydrogen-bond donors (Lipinski definition) is 0. The zero-order valence-electron chi connectivity index (χ0n) is 7.00. The molecule has 1 nitrogen and oxygen atoms in total. The topological polar surface area (TPSA) is 17.1 Å². The highest BCUT2D eigenvalue weighted by Gasteiger charge is 2.52. The van der Waals surface area contributed by atoms with Gasteiger partial charge in [0.25, 0.3) is 0 Å². The lowest BCUT2D eigenvalue weighted by Gasteiger charge is -2.51. The van der Waals surface area contributed by atoms with Crippen molar-refractivity contribution in [2.75, 3.05) is 0 Å². The molecular weight excluding hydrogens is 172 g/mol. The summed E-state index contributed by atoms with van der Waals surface area (Å²) in [5.41, 5.74) is 0. The number of carbonyl (C=O) groups is 1. The average Bonchev–Trinajstić information content (AvgIpc) is 2.07. The molecule has 0 aliphatic heterocycles. The molecule has 0 saturated heterocycles. The highest BCUT2D eigenvalue weighted by molar-refractivity contribution is 6.23. The van der Waals surface area contributed by atoms with Crippen LogP contribution in [0.25, 0.3) is 0 Å². The van der Waals surface area contributed by atoms with Crippen molar-refractivity contribution in [1.82, 2.24) is 0 Å². The predicted octanol–water partition coefficient (Wildman–Crippen LogP) is 2.23. The van der Waals surface area contributed by atoms with Gasteiger partial charge in [-0.3, -0.25) is 4.79 Å². The Labute approximate surface area is 77.5 Å². The van der Waals surface area contributed by atoms with Gasteiger partial charge in [-0.05, 0) is 37.5 Å². The highest BCUT2D eigenvalue weighted by Crippen LogP contribution is 2.53. The van der Waals surface area contributed by atoms with E-state index in [-0.39, 0.29) is 11.3 Å². The van der Waals surface area contributed by atoms with Gasteiger partial charge in [0.05, 0.1) is 0 Å². The van der Waals surface area contributed by atoms with Crippen LogP contribution in [0.15, 0.2) is 0 Å². The van der Waals surface area contributed by atoms with Crippen molar-refractivity contribution in [1.29, 1.82) is 0 Å². The van der Waals surface area contributed by atoms with E-state index in [1.807, 2.05) is 0 Å². The third-order valence-corrected chi connectivity index (χ3v) is 4.69. The van der Waals surface area contributed by atoms with E-state index in [0.717, 1.165) is 18.8 Å². The summed E-state index contributed by atoms with van der Waals surface area (Å²) in [6.45, 7) is 0. The first-order valence-corrected chi connectivity index (χ1v) is 5.37. The van der Waals surface area contributed by atoms with Crippen molar-refractivity contribution in [3.05, 3.63) is 0 Å². The molecule has 4 rings (SSSR count). The van der Waals surface area contributed by atoms with Gasteiger partial charge in [-0.2, -0.15) is 0 Å². The lowest BCUT2D eigenvalue weighted by atomic mass is 9.55. The molecule has 0 aromatic carbocycles. The van der Waals surface area contributed by atoms with E-state index in [2.05, 4.69) is 0 Å². The second kappa shape index (κ2) is 2.25. The highest BCUT2D eigenvalue weighted by atomic mass is 35.5. The molecule has 4 aliphatic rings. The molecule has 5 atom stereocenters. The summed E-state index contributed by atoms with van der Waals surface area (Å²) in [4.78, 5) is 11.7. The van der Waals surface area contributed by atoms with Crippen LogP contribution < -0.4 is 0 Å². The molecule has 0 unspecified atom stereocenters. The molecule has 0 aromatic rings. The monoisotopic (exact) mass is 184 g/mol. The molecule has 4 aliphatic carbocycles. The fourth-order valence-electron chi connectivity index (χ4n) is 3.56. The molecule has 4 saturated carbocycles. The van der Waals surface area contributed by atoms with Crippen LogP contribution in [0.1, 0.15) is 25.7 Å². The van der Waals surface area contributed by atoms with Gasteiger partial charge in [-0.1, -0.05) is 0 Å². The second-order valence-corrected chi connectivity index (χ2v) is 5.22. The summed E-state index contributed by atoms with van der Waals surface area (Å²) in [5.74, 6) is 2.64. The fourth-order valence-corrected chi connectivity index (χ4v) is 4.00. The first kappa shape index (κ1) is 7.37. The third kappa shape index (κ3) is 0.783. The minimum atomic E-state index is 0.185. The van der Waals surface area contributed by atoms with Gasteiger partial charge in [-0.15, -0.1) is 11.6 Å². The molecule has 0 amide bonds. The summed E-state index contributed by atoms with van der Waals surface area (Å²) < 4.78 is 0. The Morgan fingerprint density at radius 3 is 2.83 bits per heavy atom. The molecule has 66 valence electrons. The van der Waals surface area contributed by atoms with Gasteiger partial charge in [0.1, 0.15) is 5.78 Å². The zero-order valence-corrected chi connectivity index (χ0v) is 7.76. The van der Waals surface area contributed by atoms with Gasteiger partial charge in [0.15, 0.2) is 0 Å². The number of carbonyl (C=O) groups excluding carboxylic acids is 1. The number of ketones is 1. The lowest BCUT2D eigenvalue weighted by molar-refractivity contribution is -0.139. The van der Waals surface area contributed by atoms with E-state index in [1.54, 1.807) is 0 Å². The largest absolute Gasteiger partial charge is 0.299 e. The Morgan fingerprint density at radius 1 is 1.17 bits per heavy atom. The zero-order chi connectivity index (χ0) is 8.29. The molecule has 0 radical (unpaired) electrons. The standard InChI is InChI=1S/C10H13ClO/c11-9-6-1-5-2-7(4-6)10(12)8(9)3-5/h5-9H,1-4H2/t5-,6-,7+,8-,9+/m1/s1. The van der Waals surface area contributed by atoms with Crippen LogP contribution in [-0.4, -0.2) is 11.2 Å². The smallest absolute Gasteiger partial charge is 0.140 e. The summed E-state index contributed by atoms with van der Waals surface area (Å²) in [6, 6.07) is 0. The Morgan fingerprint density at radius 2 is 2.00 bits per heavy atom. The van der Waals surface area contributed by atoms with Crippen LogP contribution in [0.4, 0.5) is 0 Å². The summed E-state index contributed by atoms with van der Waals surface area (Å²) in [7, 11) is 0. The van der Waals surface area contributed by atoms with Crippen LogP contribution >= 0.6 is 11.6 Å². The van der Waals surface area contributed by atoms with Crippen LogP contribution in [-0.2, 0) is 4.79 Å². The minimum absolute atomic E-state index is 0.185. The van der Waals surface area contributed by atoms with Crippen molar-refractivity contribution in [2.24, 2.45) is 23.7 Å². The van der Waals surface area contributed by atoms with Gasteiger partial charge in [0.2, 0.25) is 0 Å². The molecule has 0 aromatic heterocycles. The Balaban J connectivity index is 1.98. The van der Waals surface area contributed by atoms with Crippen molar-refractivity contribution >= 4 is 17.4 Å². The number of rotatable bonds is 0. The molecule has 12 heavy (non-hydrogen) atoms. The predicted molar refractivity (Wildman–Crippen MR) is 47.1 cm³/mol. The van der Waals surface area contributed by atoms with E-state index >= 15 is 0 Å². The van der Waals surface area contributed by atoms with Crippen molar-refractivity contribution in [2.45, 2.75) is 31.1 Å². The molecular formula is C10H13ClO. The van der Waals surface area contributed by atoms with Crippen molar-refractivity contribution in [3.63, 3.8) is 0 Å².